The van der Waals surface area contributed by atoms with E-state index in [2.05, 4.69) is 20.9 Å². The second-order valence-electron chi connectivity index (χ2n) is 3.61. The predicted molar refractivity (Wildman–Crippen MR) is 72.3 cm³/mol. The largest absolute Gasteiger partial charge is 0.387 e. The Labute approximate surface area is 111 Å². The van der Waals surface area contributed by atoms with Crippen molar-refractivity contribution < 1.29 is 5.11 Å². The van der Waals surface area contributed by atoms with E-state index < -0.39 is 6.10 Å². The van der Waals surface area contributed by atoms with Crippen LogP contribution in [0.15, 0.2) is 15.9 Å². The van der Waals surface area contributed by atoms with Crippen LogP contribution < -0.4 is 0 Å². The van der Waals surface area contributed by atoms with Crippen LogP contribution in [0.4, 0.5) is 0 Å². The molecule has 0 amide bonds. The Hall–Kier alpha value is -0.230. The lowest BCUT2D eigenvalue weighted by molar-refractivity contribution is 0.182. The van der Waals surface area contributed by atoms with Gasteiger partial charge >= 0.3 is 0 Å². The number of rotatable bonds is 3. The molecule has 2 heterocycles. The van der Waals surface area contributed by atoms with Crippen LogP contribution in [0.3, 0.4) is 0 Å². The second-order valence-corrected chi connectivity index (χ2v) is 7.39. The van der Waals surface area contributed by atoms with Gasteiger partial charge in [-0.25, -0.2) is 4.98 Å². The minimum absolute atomic E-state index is 0.434. The first-order valence-electron chi connectivity index (χ1n) is 4.92. The molecule has 86 valence electrons. The Morgan fingerprint density at radius 2 is 2.12 bits per heavy atom. The minimum Gasteiger partial charge on any atom is -0.387 e. The van der Waals surface area contributed by atoms with E-state index in [1.165, 1.54) is 4.88 Å². The van der Waals surface area contributed by atoms with Gasteiger partial charge in [-0.05, 0) is 41.9 Å². The van der Waals surface area contributed by atoms with Gasteiger partial charge in [0.05, 0.1) is 25.5 Å². The highest BCUT2D eigenvalue weighted by molar-refractivity contribution is 9.11. The lowest BCUT2D eigenvalue weighted by atomic mass is 10.2. The molecule has 0 aliphatic carbocycles. The van der Waals surface area contributed by atoms with Crippen LogP contribution in [0.2, 0.25) is 0 Å². The highest BCUT2D eigenvalue weighted by atomic mass is 79.9. The number of hydrogen-bond acceptors (Lipinski definition) is 4. The molecule has 16 heavy (non-hydrogen) atoms. The fourth-order valence-electron chi connectivity index (χ4n) is 1.60. The third kappa shape index (κ3) is 2.71. The van der Waals surface area contributed by atoms with Crippen LogP contribution >= 0.6 is 38.6 Å². The molecule has 0 bridgehead atoms. The Bertz CT molecular complexity index is 492. The quantitative estimate of drug-likeness (QED) is 0.932. The molecule has 2 aromatic rings. The van der Waals surface area contributed by atoms with Crippen molar-refractivity contribution in [2.24, 2.45) is 0 Å². The van der Waals surface area contributed by atoms with Gasteiger partial charge in [-0.2, -0.15) is 0 Å². The normalized spacial score (nSPS) is 13.0. The molecular weight excluding hydrogens is 306 g/mol. The molecule has 5 heteroatoms. The number of aryl methyl sites for hydroxylation is 2. The fourth-order valence-corrected chi connectivity index (χ4v) is 4.03. The first-order chi connectivity index (χ1) is 7.56. The van der Waals surface area contributed by atoms with Crippen LogP contribution in [-0.4, -0.2) is 10.1 Å². The topological polar surface area (TPSA) is 33.1 Å². The first kappa shape index (κ1) is 12.2. The summed E-state index contributed by atoms with van der Waals surface area (Å²) in [5.74, 6) is 0. The summed E-state index contributed by atoms with van der Waals surface area (Å²) in [4.78, 5) is 6.50. The van der Waals surface area contributed by atoms with Crippen LogP contribution in [0.5, 0.6) is 0 Å². The highest BCUT2D eigenvalue weighted by Gasteiger charge is 2.16. The Morgan fingerprint density at radius 3 is 2.62 bits per heavy atom. The number of thiophene rings is 1. The number of hydrogen-bond donors (Lipinski definition) is 1. The molecule has 0 aliphatic heterocycles. The number of aromatic nitrogens is 1. The van der Waals surface area contributed by atoms with Gasteiger partial charge in [0.2, 0.25) is 0 Å². The summed E-state index contributed by atoms with van der Waals surface area (Å²) in [6, 6.07) is 4.05. The van der Waals surface area contributed by atoms with Gasteiger partial charge in [0.1, 0.15) is 0 Å². The average Bonchev–Trinajstić information content (AvgIpc) is 2.73. The van der Waals surface area contributed by atoms with Gasteiger partial charge in [-0.3, -0.25) is 0 Å². The maximum Gasteiger partial charge on any atom is 0.0948 e. The molecule has 2 aromatic heterocycles. The Kier molecular flexibility index (Phi) is 3.79. The average molecular weight is 318 g/mol. The summed E-state index contributed by atoms with van der Waals surface area (Å²) >= 11 is 6.67. The van der Waals surface area contributed by atoms with Gasteiger partial charge < -0.3 is 5.11 Å². The van der Waals surface area contributed by atoms with Gasteiger partial charge in [-0.15, -0.1) is 22.7 Å². The molecule has 0 radical (unpaired) electrons. The lowest BCUT2D eigenvalue weighted by Gasteiger charge is -2.07. The molecule has 1 unspecified atom stereocenters. The SMILES string of the molecule is Cc1nc(C)c(C(O)Cc2ccc(Br)s2)s1. The molecule has 2 nitrogen and oxygen atoms in total. The van der Waals surface area contributed by atoms with E-state index in [-0.39, 0.29) is 0 Å². The molecule has 1 N–H and O–H groups in total. The molecule has 0 aliphatic rings. The Morgan fingerprint density at radius 1 is 1.38 bits per heavy atom. The third-order valence-corrected chi connectivity index (χ3v) is 5.09. The molecule has 2 rings (SSSR count). The predicted octanol–water partition coefficient (Wildman–Crippen LogP) is 3.86. The van der Waals surface area contributed by atoms with Gasteiger partial charge in [0, 0.05) is 11.3 Å². The van der Waals surface area contributed by atoms with E-state index in [0.29, 0.717) is 6.42 Å². The van der Waals surface area contributed by atoms with Crippen molar-refractivity contribution >= 4 is 38.6 Å². The first-order valence-corrected chi connectivity index (χ1v) is 7.35. The molecule has 0 spiro atoms. The van der Waals surface area contributed by atoms with E-state index in [9.17, 15) is 5.11 Å². The standard InChI is InChI=1S/C11H12BrNOS2/c1-6-11(15-7(2)13-6)9(14)5-8-3-4-10(12)16-8/h3-4,9,14H,5H2,1-2H3. The second kappa shape index (κ2) is 4.96. The van der Waals surface area contributed by atoms with E-state index in [1.807, 2.05) is 26.0 Å². The van der Waals surface area contributed by atoms with Crippen molar-refractivity contribution in [3.63, 3.8) is 0 Å². The number of aliphatic hydroxyl groups excluding tert-OH is 1. The van der Waals surface area contributed by atoms with Crippen LogP contribution in [0, 0.1) is 13.8 Å². The van der Waals surface area contributed by atoms with Crippen molar-refractivity contribution in [2.45, 2.75) is 26.4 Å². The molecule has 1 atom stereocenters. The maximum atomic E-state index is 10.1. The maximum absolute atomic E-state index is 10.1. The van der Waals surface area contributed by atoms with Gasteiger partial charge in [-0.1, -0.05) is 0 Å². The highest BCUT2D eigenvalue weighted by Crippen LogP contribution is 2.30. The smallest absolute Gasteiger partial charge is 0.0948 e. The van der Waals surface area contributed by atoms with Crippen LogP contribution in [0.25, 0.3) is 0 Å². The zero-order valence-electron chi connectivity index (χ0n) is 9.03. The minimum atomic E-state index is -0.434. The molecule has 0 aromatic carbocycles. The van der Waals surface area contributed by atoms with Crippen molar-refractivity contribution in [1.82, 2.24) is 4.98 Å². The van der Waals surface area contributed by atoms with Crippen molar-refractivity contribution in [1.29, 1.82) is 0 Å². The lowest BCUT2D eigenvalue weighted by Crippen LogP contribution is -1.99. The molecule has 0 saturated heterocycles. The van der Waals surface area contributed by atoms with E-state index in [4.69, 9.17) is 0 Å². The fraction of sp³-hybridized carbons (Fsp3) is 0.364. The molecule has 0 fully saturated rings. The van der Waals surface area contributed by atoms with Crippen LogP contribution in [-0.2, 0) is 6.42 Å². The van der Waals surface area contributed by atoms with E-state index >= 15 is 0 Å². The third-order valence-electron chi connectivity index (χ3n) is 2.27. The monoisotopic (exact) mass is 317 g/mol. The summed E-state index contributed by atoms with van der Waals surface area (Å²) in [6.45, 7) is 3.92. The summed E-state index contributed by atoms with van der Waals surface area (Å²) in [5, 5.41) is 11.2. The van der Waals surface area contributed by atoms with Crippen LogP contribution in [0.1, 0.15) is 26.6 Å². The summed E-state index contributed by atoms with van der Waals surface area (Å²) in [7, 11) is 0. The number of thiazole rings is 1. The number of aliphatic hydroxyl groups is 1. The van der Waals surface area contributed by atoms with Crippen molar-refractivity contribution in [2.75, 3.05) is 0 Å². The Balaban J connectivity index is 2.14. The van der Waals surface area contributed by atoms with E-state index in [1.54, 1.807) is 22.7 Å². The van der Waals surface area contributed by atoms with Gasteiger partial charge in [0.25, 0.3) is 0 Å². The zero-order valence-corrected chi connectivity index (χ0v) is 12.2. The summed E-state index contributed by atoms with van der Waals surface area (Å²) < 4.78 is 1.10. The van der Waals surface area contributed by atoms with Gasteiger partial charge in [0.15, 0.2) is 0 Å². The molecule has 0 saturated carbocycles. The van der Waals surface area contributed by atoms with Crippen molar-refractivity contribution in [3.8, 4) is 0 Å². The number of nitrogens with zero attached hydrogens (tertiary/aromatic N) is 1. The van der Waals surface area contributed by atoms with E-state index in [0.717, 1.165) is 19.4 Å². The summed E-state index contributed by atoms with van der Waals surface area (Å²) in [5.41, 5.74) is 0.950. The van der Waals surface area contributed by atoms with Crippen molar-refractivity contribution in [3.05, 3.63) is 36.4 Å². The molecular formula is C11H12BrNOS2. The zero-order chi connectivity index (χ0) is 11.7. The number of halogens is 1. The summed E-state index contributed by atoms with van der Waals surface area (Å²) in [6.07, 6.45) is 0.232.